The van der Waals surface area contributed by atoms with Crippen molar-refractivity contribution in [1.82, 2.24) is 0 Å². The van der Waals surface area contributed by atoms with Gasteiger partial charge in [-0.05, 0) is 6.42 Å². The molecule has 0 aromatic heterocycles. The van der Waals surface area contributed by atoms with Gasteiger partial charge in [0.2, 0.25) is 0 Å². The van der Waals surface area contributed by atoms with Gasteiger partial charge in [0, 0.05) is 10.3 Å². The standard InChI is InChI=1S/C15H18F13I/c1-2-3-4-5-6-7-9(29)8-10(16,17)11(18,19)12(20,21)13(22,23)14(24,25)15(26,27)28/h9H,2-8H2,1H3. The molecule has 0 saturated carbocycles. The summed E-state index contributed by atoms with van der Waals surface area (Å²) in [5.41, 5.74) is 0. The second-order valence-electron chi connectivity index (χ2n) is 6.50. The van der Waals surface area contributed by atoms with Crippen LogP contribution in [0.15, 0.2) is 0 Å². The van der Waals surface area contributed by atoms with E-state index in [2.05, 4.69) is 0 Å². The summed E-state index contributed by atoms with van der Waals surface area (Å²) in [5, 5.41) is 0. The Kier molecular flexibility index (Phi) is 9.47. The van der Waals surface area contributed by atoms with E-state index < -0.39 is 46.1 Å². The Morgan fingerprint density at radius 2 is 1.00 bits per heavy atom. The largest absolute Gasteiger partial charge is 0.460 e. The van der Waals surface area contributed by atoms with Crippen molar-refractivity contribution >= 4 is 22.6 Å². The highest BCUT2D eigenvalue weighted by atomic mass is 127. The lowest BCUT2D eigenvalue weighted by atomic mass is 9.91. The molecule has 0 aromatic rings. The molecule has 0 heterocycles. The second-order valence-corrected chi connectivity index (χ2v) is 8.27. The third kappa shape index (κ3) is 5.74. The molecule has 0 aliphatic carbocycles. The molecule has 0 nitrogen and oxygen atoms in total. The minimum absolute atomic E-state index is 0.198. The first-order valence-electron chi connectivity index (χ1n) is 8.30. The van der Waals surface area contributed by atoms with Crippen molar-refractivity contribution in [3.8, 4) is 0 Å². The maximum absolute atomic E-state index is 13.7. The molecule has 0 rings (SSSR count). The molecule has 14 heteroatoms. The van der Waals surface area contributed by atoms with Crippen molar-refractivity contribution in [3.63, 3.8) is 0 Å². The van der Waals surface area contributed by atoms with Gasteiger partial charge in [-0.15, -0.1) is 0 Å². The first kappa shape index (κ1) is 28.8. The van der Waals surface area contributed by atoms with Crippen molar-refractivity contribution in [2.45, 2.75) is 91.6 Å². The molecule has 0 fully saturated rings. The van der Waals surface area contributed by atoms with E-state index in [1.807, 2.05) is 6.92 Å². The van der Waals surface area contributed by atoms with E-state index in [4.69, 9.17) is 0 Å². The molecule has 0 radical (unpaired) electrons. The van der Waals surface area contributed by atoms with Crippen LogP contribution in [-0.2, 0) is 0 Å². The highest BCUT2D eigenvalue weighted by Crippen LogP contribution is 2.61. The molecule has 0 aliphatic rings. The number of halogens is 14. The van der Waals surface area contributed by atoms with Crippen LogP contribution in [0.25, 0.3) is 0 Å². The number of alkyl halides is 14. The summed E-state index contributed by atoms with van der Waals surface area (Å²) in [6.07, 6.45) is -6.71. The van der Waals surface area contributed by atoms with Gasteiger partial charge in [0.1, 0.15) is 0 Å². The predicted molar refractivity (Wildman–Crippen MR) is 86.6 cm³/mol. The number of hydrogen-bond donors (Lipinski definition) is 0. The highest BCUT2D eigenvalue weighted by Gasteiger charge is 2.90. The van der Waals surface area contributed by atoms with Crippen LogP contribution in [0.5, 0.6) is 0 Å². The number of rotatable bonds is 12. The fourth-order valence-electron chi connectivity index (χ4n) is 2.28. The third-order valence-electron chi connectivity index (χ3n) is 4.10. The molecule has 0 aromatic carbocycles. The highest BCUT2D eigenvalue weighted by molar-refractivity contribution is 14.1. The Morgan fingerprint density at radius 1 is 0.586 bits per heavy atom. The molecule has 0 N–H and O–H groups in total. The van der Waals surface area contributed by atoms with Gasteiger partial charge >= 0.3 is 35.8 Å². The van der Waals surface area contributed by atoms with Gasteiger partial charge in [-0.3, -0.25) is 0 Å². The molecule has 0 aliphatic heterocycles. The average Bonchev–Trinajstić information content (AvgIpc) is 2.52. The van der Waals surface area contributed by atoms with Crippen molar-refractivity contribution in [3.05, 3.63) is 0 Å². The first-order chi connectivity index (χ1) is 12.7. The van der Waals surface area contributed by atoms with Gasteiger partial charge in [-0.25, -0.2) is 0 Å². The molecular weight excluding hydrogens is 554 g/mol. The van der Waals surface area contributed by atoms with E-state index in [-0.39, 0.29) is 12.8 Å². The Balaban J connectivity index is 5.54. The summed E-state index contributed by atoms with van der Waals surface area (Å²) < 4.78 is 167. The molecule has 1 unspecified atom stereocenters. The third-order valence-corrected chi connectivity index (χ3v) is 5.16. The van der Waals surface area contributed by atoms with E-state index in [9.17, 15) is 57.1 Å². The van der Waals surface area contributed by atoms with Gasteiger partial charge in [-0.2, -0.15) is 57.1 Å². The lowest BCUT2D eigenvalue weighted by Crippen LogP contribution is -2.70. The van der Waals surface area contributed by atoms with Crippen molar-refractivity contribution < 1.29 is 57.1 Å². The molecule has 0 amide bonds. The summed E-state index contributed by atoms with van der Waals surface area (Å²) >= 11 is 1.17. The fourth-order valence-corrected chi connectivity index (χ4v) is 3.27. The van der Waals surface area contributed by atoms with Crippen LogP contribution in [0.2, 0.25) is 0 Å². The molecular formula is C15H18F13I. The minimum atomic E-state index is -7.83. The number of hydrogen-bond acceptors (Lipinski definition) is 0. The average molecular weight is 572 g/mol. The van der Waals surface area contributed by atoms with E-state index in [0.29, 0.717) is 12.8 Å². The number of unbranched alkanes of at least 4 members (excludes halogenated alkanes) is 4. The topological polar surface area (TPSA) is 0 Å². The van der Waals surface area contributed by atoms with Crippen molar-refractivity contribution in [2.75, 3.05) is 0 Å². The second kappa shape index (κ2) is 9.53. The molecule has 0 spiro atoms. The fraction of sp³-hybridized carbons (Fsp3) is 1.00. The zero-order valence-corrected chi connectivity index (χ0v) is 17.0. The van der Waals surface area contributed by atoms with Crippen LogP contribution in [0.3, 0.4) is 0 Å². The van der Waals surface area contributed by atoms with Crippen LogP contribution in [0.1, 0.15) is 51.9 Å². The SMILES string of the molecule is CCCCCCCC(I)CC(F)(F)C(F)(F)C(F)(F)C(F)(F)C(F)(F)C(F)(F)F. The summed E-state index contributed by atoms with van der Waals surface area (Å²) in [5.74, 6) is -36.3. The van der Waals surface area contributed by atoms with Crippen LogP contribution in [0, 0.1) is 0 Å². The monoisotopic (exact) mass is 572 g/mol. The zero-order chi connectivity index (χ0) is 23.5. The maximum Gasteiger partial charge on any atom is 0.460 e. The van der Waals surface area contributed by atoms with Crippen molar-refractivity contribution in [2.24, 2.45) is 0 Å². The van der Waals surface area contributed by atoms with E-state index in [1.54, 1.807) is 0 Å². The lowest BCUT2D eigenvalue weighted by Gasteiger charge is -2.40. The van der Waals surface area contributed by atoms with Crippen LogP contribution in [-0.4, -0.2) is 39.7 Å². The van der Waals surface area contributed by atoms with Gasteiger partial charge in [0.25, 0.3) is 0 Å². The van der Waals surface area contributed by atoms with Gasteiger partial charge in [-0.1, -0.05) is 61.6 Å². The van der Waals surface area contributed by atoms with Gasteiger partial charge in [0.15, 0.2) is 0 Å². The Bertz CT molecular complexity index is 513. The maximum atomic E-state index is 13.7. The Morgan fingerprint density at radius 3 is 1.41 bits per heavy atom. The van der Waals surface area contributed by atoms with Crippen LogP contribution in [0.4, 0.5) is 57.1 Å². The summed E-state index contributed by atoms with van der Waals surface area (Å²) in [4.78, 5) is 0. The lowest BCUT2D eigenvalue weighted by molar-refractivity contribution is -0.440. The van der Waals surface area contributed by atoms with Crippen LogP contribution >= 0.6 is 22.6 Å². The smallest absolute Gasteiger partial charge is 0.200 e. The van der Waals surface area contributed by atoms with Crippen molar-refractivity contribution in [1.29, 1.82) is 0 Å². The van der Waals surface area contributed by atoms with Crippen LogP contribution < -0.4 is 0 Å². The van der Waals surface area contributed by atoms with Gasteiger partial charge in [0.05, 0.1) is 0 Å². The zero-order valence-electron chi connectivity index (χ0n) is 14.8. The molecule has 0 saturated heterocycles. The van der Waals surface area contributed by atoms with E-state index >= 15 is 0 Å². The molecule has 1 atom stereocenters. The summed E-state index contributed by atoms with van der Waals surface area (Å²) in [7, 11) is 0. The van der Waals surface area contributed by atoms with E-state index in [0.717, 1.165) is 12.8 Å². The first-order valence-corrected chi connectivity index (χ1v) is 9.55. The minimum Gasteiger partial charge on any atom is -0.200 e. The molecule has 0 bridgehead atoms. The normalized spacial score (nSPS) is 16.2. The molecule has 176 valence electrons. The predicted octanol–water partition coefficient (Wildman–Crippen LogP) is 8.28. The summed E-state index contributed by atoms with van der Waals surface area (Å²) in [6.45, 7) is 1.86. The van der Waals surface area contributed by atoms with Gasteiger partial charge < -0.3 is 0 Å². The quantitative estimate of drug-likeness (QED) is 0.0957. The Hall–Kier alpha value is -0.180. The Labute approximate surface area is 171 Å². The molecule has 29 heavy (non-hydrogen) atoms. The summed E-state index contributed by atoms with van der Waals surface area (Å²) in [6, 6.07) is 0. The van der Waals surface area contributed by atoms with E-state index in [1.165, 1.54) is 22.6 Å².